The Hall–Kier alpha value is -0.450. The maximum absolute atomic E-state index is 5.70. The largest absolute Gasteiger partial charge is 0.271 e. The van der Waals surface area contributed by atoms with Crippen molar-refractivity contribution in [2.75, 3.05) is 0 Å². The predicted molar refractivity (Wildman–Crippen MR) is 84.3 cm³/mol. The van der Waals surface area contributed by atoms with Crippen LogP contribution in [0.5, 0.6) is 0 Å². The summed E-state index contributed by atoms with van der Waals surface area (Å²) in [4.78, 5) is 5.92. The zero-order valence-electron chi connectivity index (χ0n) is 13.2. The second kappa shape index (κ2) is 6.82. The summed E-state index contributed by atoms with van der Waals surface area (Å²) in [6.07, 6.45) is 3.26. The van der Waals surface area contributed by atoms with E-state index in [1.165, 1.54) is 16.3 Å². The van der Waals surface area contributed by atoms with E-state index in [4.69, 9.17) is 5.84 Å². The number of nitrogens with two attached hydrogens (primary N) is 1. The van der Waals surface area contributed by atoms with Crippen molar-refractivity contribution < 1.29 is 0 Å². The molecule has 1 aromatic heterocycles. The van der Waals surface area contributed by atoms with Crippen LogP contribution >= 0.6 is 11.3 Å². The van der Waals surface area contributed by atoms with Crippen LogP contribution < -0.4 is 11.3 Å². The fourth-order valence-electron chi connectivity index (χ4n) is 2.66. The van der Waals surface area contributed by atoms with Crippen LogP contribution in [0.15, 0.2) is 0 Å². The fourth-order valence-corrected chi connectivity index (χ4v) is 3.68. The second-order valence-corrected chi connectivity index (χ2v) is 8.21. The van der Waals surface area contributed by atoms with Crippen LogP contribution in [0.2, 0.25) is 0 Å². The van der Waals surface area contributed by atoms with Gasteiger partial charge in [-0.3, -0.25) is 11.3 Å². The van der Waals surface area contributed by atoms with Crippen molar-refractivity contribution in [3.63, 3.8) is 0 Å². The lowest BCUT2D eigenvalue weighted by Gasteiger charge is -2.26. The van der Waals surface area contributed by atoms with Crippen LogP contribution in [0.4, 0.5) is 0 Å². The maximum atomic E-state index is 5.70. The van der Waals surface area contributed by atoms with E-state index in [0.29, 0.717) is 17.4 Å². The minimum absolute atomic E-state index is 0.322. The number of hydrogen-bond donors (Lipinski definition) is 2. The molecule has 2 unspecified atom stereocenters. The number of thiazole rings is 1. The molecule has 4 heteroatoms. The Morgan fingerprint density at radius 2 is 1.95 bits per heavy atom. The van der Waals surface area contributed by atoms with E-state index in [2.05, 4.69) is 52.0 Å². The molecule has 1 heterocycles. The van der Waals surface area contributed by atoms with Gasteiger partial charge in [0.1, 0.15) is 0 Å². The van der Waals surface area contributed by atoms with Gasteiger partial charge in [0.25, 0.3) is 0 Å². The van der Waals surface area contributed by atoms with Gasteiger partial charge in [-0.1, -0.05) is 27.7 Å². The van der Waals surface area contributed by atoms with Gasteiger partial charge in [-0.25, -0.2) is 4.98 Å². The van der Waals surface area contributed by atoms with E-state index in [1.807, 2.05) is 0 Å². The molecule has 0 aromatic carbocycles. The van der Waals surface area contributed by atoms with Crippen LogP contribution in [0.25, 0.3) is 0 Å². The summed E-state index contributed by atoms with van der Waals surface area (Å²) in [6, 6.07) is 0.322. The molecule has 0 amide bonds. The first kappa shape index (κ1) is 16.6. The zero-order valence-corrected chi connectivity index (χ0v) is 14.0. The smallest absolute Gasteiger partial charge is 0.0946 e. The van der Waals surface area contributed by atoms with Gasteiger partial charge >= 0.3 is 0 Å². The molecule has 0 bridgehead atoms. The quantitative estimate of drug-likeness (QED) is 0.619. The predicted octanol–water partition coefficient (Wildman–Crippen LogP) is 3.60. The first-order chi connectivity index (χ1) is 8.71. The third-order valence-corrected chi connectivity index (χ3v) is 4.47. The van der Waals surface area contributed by atoms with Crippen LogP contribution in [-0.4, -0.2) is 11.0 Å². The molecule has 0 aliphatic heterocycles. The SMILES string of the molecule is Cc1nc(CC(CC(C)CC(C)(C)C)NN)sc1C. The number of hydrazine groups is 1. The summed E-state index contributed by atoms with van der Waals surface area (Å²) >= 11 is 1.79. The third-order valence-electron chi connectivity index (χ3n) is 3.38. The molecule has 0 aliphatic rings. The molecule has 0 aliphatic carbocycles. The Morgan fingerprint density at radius 3 is 2.37 bits per heavy atom. The van der Waals surface area contributed by atoms with Crippen molar-refractivity contribution in [2.45, 2.75) is 66.8 Å². The summed E-state index contributed by atoms with van der Waals surface area (Å²) in [5.74, 6) is 6.37. The van der Waals surface area contributed by atoms with E-state index in [9.17, 15) is 0 Å². The average molecular weight is 283 g/mol. The lowest BCUT2D eigenvalue weighted by molar-refractivity contribution is 0.274. The topological polar surface area (TPSA) is 50.9 Å². The standard InChI is InChI=1S/C15H29N3S/c1-10(9-15(4,5)6)7-13(18-16)8-14-17-11(2)12(3)19-14/h10,13,18H,7-9,16H2,1-6H3. The van der Waals surface area contributed by atoms with E-state index in [-0.39, 0.29) is 0 Å². The van der Waals surface area contributed by atoms with Crippen LogP contribution in [0, 0.1) is 25.2 Å². The van der Waals surface area contributed by atoms with Crippen molar-refractivity contribution in [3.8, 4) is 0 Å². The van der Waals surface area contributed by atoms with Crippen molar-refractivity contribution in [2.24, 2.45) is 17.2 Å². The molecule has 1 rings (SSSR count). The average Bonchev–Trinajstić information content (AvgIpc) is 2.54. The lowest BCUT2D eigenvalue weighted by atomic mass is 9.82. The number of nitrogens with one attached hydrogen (secondary N) is 1. The molecule has 110 valence electrons. The number of aromatic nitrogens is 1. The first-order valence-electron chi connectivity index (χ1n) is 7.10. The Bertz CT molecular complexity index is 373. The lowest BCUT2D eigenvalue weighted by Crippen LogP contribution is -2.38. The molecule has 0 spiro atoms. The summed E-state index contributed by atoms with van der Waals surface area (Å²) < 4.78 is 0. The van der Waals surface area contributed by atoms with Gasteiger partial charge in [0, 0.05) is 17.3 Å². The number of hydrogen-bond acceptors (Lipinski definition) is 4. The van der Waals surface area contributed by atoms with Crippen LogP contribution in [0.1, 0.15) is 56.1 Å². The maximum Gasteiger partial charge on any atom is 0.0946 e. The van der Waals surface area contributed by atoms with Gasteiger partial charge in [0.15, 0.2) is 0 Å². The summed E-state index contributed by atoms with van der Waals surface area (Å²) in [5, 5.41) is 1.20. The normalized spacial score (nSPS) is 15.5. The highest BCUT2D eigenvalue weighted by Crippen LogP contribution is 2.27. The number of rotatable bonds is 6. The van der Waals surface area contributed by atoms with Gasteiger partial charge < -0.3 is 0 Å². The van der Waals surface area contributed by atoms with Crippen molar-refractivity contribution >= 4 is 11.3 Å². The third kappa shape index (κ3) is 6.02. The molecule has 0 fully saturated rings. The first-order valence-corrected chi connectivity index (χ1v) is 7.92. The number of aryl methyl sites for hydroxylation is 2. The summed E-state index contributed by atoms with van der Waals surface area (Å²) in [7, 11) is 0. The summed E-state index contributed by atoms with van der Waals surface area (Å²) in [5.41, 5.74) is 4.50. The van der Waals surface area contributed by atoms with Gasteiger partial charge in [-0.2, -0.15) is 0 Å². The minimum Gasteiger partial charge on any atom is -0.271 e. The van der Waals surface area contributed by atoms with Gasteiger partial charge in [-0.05, 0) is 38.0 Å². The second-order valence-electron chi connectivity index (χ2n) is 6.92. The monoisotopic (exact) mass is 283 g/mol. The van der Waals surface area contributed by atoms with E-state index in [0.717, 1.165) is 18.5 Å². The molecule has 3 N–H and O–H groups in total. The molecular formula is C15H29N3S. The Labute approximate surface area is 122 Å². The number of nitrogens with zero attached hydrogens (tertiary/aromatic N) is 1. The van der Waals surface area contributed by atoms with E-state index < -0.39 is 0 Å². The molecule has 2 atom stereocenters. The Morgan fingerprint density at radius 1 is 1.32 bits per heavy atom. The highest BCUT2D eigenvalue weighted by Gasteiger charge is 2.19. The van der Waals surface area contributed by atoms with Crippen LogP contribution in [-0.2, 0) is 6.42 Å². The molecule has 3 nitrogen and oxygen atoms in total. The molecular weight excluding hydrogens is 254 g/mol. The highest BCUT2D eigenvalue weighted by molar-refractivity contribution is 7.11. The van der Waals surface area contributed by atoms with Crippen molar-refractivity contribution in [1.82, 2.24) is 10.4 Å². The fraction of sp³-hybridized carbons (Fsp3) is 0.800. The van der Waals surface area contributed by atoms with Crippen molar-refractivity contribution in [3.05, 3.63) is 15.6 Å². The highest BCUT2D eigenvalue weighted by atomic mass is 32.1. The Kier molecular flexibility index (Phi) is 5.96. The zero-order chi connectivity index (χ0) is 14.6. The molecule has 0 saturated carbocycles. The van der Waals surface area contributed by atoms with E-state index >= 15 is 0 Å². The van der Waals surface area contributed by atoms with Gasteiger partial charge in [0.2, 0.25) is 0 Å². The van der Waals surface area contributed by atoms with Gasteiger partial charge in [0.05, 0.1) is 10.7 Å². The Balaban J connectivity index is 2.54. The molecule has 1 aromatic rings. The van der Waals surface area contributed by atoms with E-state index in [1.54, 1.807) is 11.3 Å². The van der Waals surface area contributed by atoms with Gasteiger partial charge in [-0.15, -0.1) is 11.3 Å². The molecule has 19 heavy (non-hydrogen) atoms. The molecule has 0 radical (unpaired) electrons. The van der Waals surface area contributed by atoms with Crippen molar-refractivity contribution in [1.29, 1.82) is 0 Å². The van der Waals surface area contributed by atoms with Crippen LogP contribution in [0.3, 0.4) is 0 Å². The molecule has 0 saturated heterocycles. The summed E-state index contributed by atoms with van der Waals surface area (Å²) in [6.45, 7) is 13.4. The minimum atomic E-state index is 0.322.